The summed E-state index contributed by atoms with van der Waals surface area (Å²) in [5.74, 6) is -0.677. The molecule has 7 heteroatoms. The standard InChI is InChI=1S/C10H16F3NO3/c1-2-17-8(15)9(4-3-5-16-7-9)14-6-10(11,12)13/h14H,2-7H2,1H3. The van der Waals surface area contributed by atoms with Gasteiger partial charge < -0.3 is 9.47 Å². The van der Waals surface area contributed by atoms with Crippen LogP contribution in [0.25, 0.3) is 0 Å². The summed E-state index contributed by atoms with van der Waals surface area (Å²) in [5, 5.41) is 2.24. The van der Waals surface area contributed by atoms with Crippen molar-refractivity contribution in [2.24, 2.45) is 0 Å². The predicted octanol–water partition coefficient (Wildman–Crippen LogP) is 1.25. The Morgan fingerprint density at radius 1 is 1.53 bits per heavy atom. The van der Waals surface area contributed by atoms with E-state index < -0.39 is 24.2 Å². The Hall–Kier alpha value is -0.820. The minimum atomic E-state index is -4.36. The quantitative estimate of drug-likeness (QED) is 0.768. The van der Waals surface area contributed by atoms with Crippen LogP contribution in [0.15, 0.2) is 0 Å². The van der Waals surface area contributed by atoms with Crippen molar-refractivity contribution in [2.75, 3.05) is 26.4 Å². The van der Waals surface area contributed by atoms with Crippen LogP contribution in [-0.2, 0) is 14.3 Å². The van der Waals surface area contributed by atoms with Crippen LogP contribution in [0.2, 0.25) is 0 Å². The van der Waals surface area contributed by atoms with Crippen molar-refractivity contribution in [2.45, 2.75) is 31.5 Å². The topological polar surface area (TPSA) is 47.6 Å². The molecular weight excluding hydrogens is 239 g/mol. The fraction of sp³-hybridized carbons (Fsp3) is 0.900. The average molecular weight is 255 g/mol. The van der Waals surface area contributed by atoms with Crippen LogP contribution in [0.5, 0.6) is 0 Å². The minimum Gasteiger partial charge on any atom is -0.465 e. The first-order valence-electron chi connectivity index (χ1n) is 5.46. The number of ether oxygens (including phenoxy) is 2. The average Bonchev–Trinajstić information content (AvgIpc) is 2.27. The van der Waals surface area contributed by atoms with Crippen LogP contribution < -0.4 is 5.32 Å². The lowest BCUT2D eigenvalue weighted by atomic mass is 9.92. The Kier molecular flexibility index (Phi) is 4.76. The van der Waals surface area contributed by atoms with E-state index in [1.165, 1.54) is 0 Å². The Balaban J connectivity index is 2.68. The zero-order chi connectivity index (χ0) is 12.9. The molecule has 0 aromatic rings. The number of carbonyl (C=O) groups is 1. The molecule has 1 fully saturated rings. The number of hydrogen-bond donors (Lipinski definition) is 1. The molecule has 1 atom stereocenters. The molecule has 0 bridgehead atoms. The molecular formula is C10H16F3NO3. The molecule has 0 aromatic carbocycles. The molecule has 17 heavy (non-hydrogen) atoms. The summed E-state index contributed by atoms with van der Waals surface area (Å²) in [6, 6.07) is 0. The van der Waals surface area contributed by atoms with Gasteiger partial charge in [-0.1, -0.05) is 0 Å². The number of hydrogen-bond acceptors (Lipinski definition) is 4. The van der Waals surface area contributed by atoms with Gasteiger partial charge in [-0.25, -0.2) is 4.79 Å². The first kappa shape index (κ1) is 14.2. The van der Waals surface area contributed by atoms with Gasteiger partial charge >= 0.3 is 12.1 Å². The first-order chi connectivity index (χ1) is 7.90. The van der Waals surface area contributed by atoms with E-state index in [1.807, 2.05) is 0 Å². The molecule has 1 aliphatic rings. The highest BCUT2D eigenvalue weighted by Gasteiger charge is 2.44. The second-order valence-electron chi connectivity index (χ2n) is 3.93. The number of halogens is 3. The van der Waals surface area contributed by atoms with Gasteiger partial charge in [0.05, 0.1) is 19.8 Å². The lowest BCUT2D eigenvalue weighted by Gasteiger charge is -2.35. The zero-order valence-corrected chi connectivity index (χ0v) is 9.60. The smallest absolute Gasteiger partial charge is 0.401 e. The largest absolute Gasteiger partial charge is 0.465 e. The lowest BCUT2D eigenvalue weighted by Crippen LogP contribution is -2.60. The van der Waals surface area contributed by atoms with Gasteiger partial charge in [0.1, 0.15) is 5.54 Å². The van der Waals surface area contributed by atoms with E-state index in [0.29, 0.717) is 19.4 Å². The van der Waals surface area contributed by atoms with Crippen LogP contribution in [0.4, 0.5) is 13.2 Å². The van der Waals surface area contributed by atoms with Crippen molar-refractivity contribution in [3.8, 4) is 0 Å². The monoisotopic (exact) mass is 255 g/mol. The molecule has 0 aliphatic carbocycles. The van der Waals surface area contributed by atoms with E-state index >= 15 is 0 Å². The van der Waals surface area contributed by atoms with Crippen molar-refractivity contribution in [1.82, 2.24) is 5.32 Å². The van der Waals surface area contributed by atoms with Crippen molar-refractivity contribution >= 4 is 5.97 Å². The van der Waals surface area contributed by atoms with Gasteiger partial charge in [0.25, 0.3) is 0 Å². The van der Waals surface area contributed by atoms with Crippen molar-refractivity contribution in [3.05, 3.63) is 0 Å². The van der Waals surface area contributed by atoms with Gasteiger partial charge in [-0.05, 0) is 19.8 Å². The fourth-order valence-corrected chi connectivity index (χ4v) is 1.71. The Morgan fingerprint density at radius 3 is 2.71 bits per heavy atom. The van der Waals surface area contributed by atoms with E-state index in [0.717, 1.165) is 0 Å². The molecule has 1 unspecified atom stereocenters. The number of nitrogens with one attached hydrogen (secondary N) is 1. The molecule has 1 heterocycles. The van der Waals surface area contributed by atoms with Crippen LogP contribution in [0.1, 0.15) is 19.8 Å². The zero-order valence-electron chi connectivity index (χ0n) is 9.60. The van der Waals surface area contributed by atoms with Gasteiger partial charge in [-0.2, -0.15) is 13.2 Å². The summed E-state index contributed by atoms with van der Waals surface area (Å²) >= 11 is 0. The Morgan fingerprint density at radius 2 is 2.24 bits per heavy atom. The molecule has 1 aliphatic heterocycles. The normalized spacial score (nSPS) is 25.6. The maximum absolute atomic E-state index is 12.2. The molecule has 1 saturated heterocycles. The lowest BCUT2D eigenvalue weighted by molar-refractivity contribution is -0.162. The first-order valence-corrected chi connectivity index (χ1v) is 5.46. The summed E-state index contributed by atoms with van der Waals surface area (Å²) in [5.41, 5.74) is -1.36. The number of esters is 1. The van der Waals surface area contributed by atoms with Gasteiger partial charge in [0, 0.05) is 6.61 Å². The predicted molar refractivity (Wildman–Crippen MR) is 53.5 cm³/mol. The maximum atomic E-state index is 12.2. The summed E-state index contributed by atoms with van der Waals surface area (Å²) in [4.78, 5) is 11.7. The number of rotatable bonds is 4. The highest BCUT2D eigenvalue weighted by Crippen LogP contribution is 2.23. The van der Waals surface area contributed by atoms with E-state index in [1.54, 1.807) is 6.92 Å². The highest BCUT2D eigenvalue weighted by atomic mass is 19.4. The van der Waals surface area contributed by atoms with Crippen molar-refractivity contribution < 1.29 is 27.4 Å². The highest BCUT2D eigenvalue weighted by molar-refractivity contribution is 5.81. The van der Waals surface area contributed by atoms with E-state index in [4.69, 9.17) is 9.47 Å². The fourth-order valence-electron chi connectivity index (χ4n) is 1.71. The Labute approximate surface area is 97.5 Å². The summed E-state index contributed by atoms with van der Waals surface area (Å²) in [6.07, 6.45) is -3.54. The molecule has 0 radical (unpaired) electrons. The van der Waals surface area contributed by atoms with E-state index in [9.17, 15) is 18.0 Å². The van der Waals surface area contributed by atoms with Gasteiger partial charge in [0.15, 0.2) is 0 Å². The molecule has 0 aromatic heterocycles. The third-order valence-electron chi connectivity index (χ3n) is 2.53. The van der Waals surface area contributed by atoms with Gasteiger partial charge in [-0.3, -0.25) is 5.32 Å². The van der Waals surface area contributed by atoms with E-state index in [2.05, 4.69) is 5.32 Å². The van der Waals surface area contributed by atoms with Gasteiger partial charge in [0.2, 0.25) is 0 Å². The third-order valence-corrected chi connectivity index (χ3v) is 2.53. The molecule has 0 saturated carbocycles. The molecule has 1 N–H and O–H groups in total. The van der Waals surface area contributed by atoms with Crippen LogP contribution in [-0.4, -0.2) is 44.0 Å². The molecule has 100 valence electrons. The summed E-state index contributed by atoms with van der Waals surface area (Å²) in [7, 11) is 0. The molecule has 0 spiro atoms. The summed E-state index contributed by atoms with van der Waals surface area (Å²) < 4.78 is 46.4. The van der Waals surface area contributed by atoms with Crippen LogP contribution in [0, 0.1) is 0 Å². The minimum absolute atomic E-state index is 0.0814. The third kappa shape index (κ3) is 4.16. The molecule has 0 amide bonds. The molecule has 1 rings (SSSR count). The summed E-state index contributed by atoms with van der Waals surface area (Å²) in [6.45, 7) is 0.888. The second kappa shape index (κ2) is 5.68. The maximum Gasteiger partial charge on any atom is 0.401 e. The van der Waals surface area contributed by atoms with Crippen molar-refractivity contribution in [1.29, 1.82) is 0 Å². The number of alkyl halides is 3. The second-order valence-corrected chi connectivity index (χ2v) is 3.93. The van der Waals surface area contributed by atoms with Crippen LogP contribution >= 0.6 is 0 Å². The SMILES string of the molecule is CCOC(=O)C1(NCC(F)(F)F)CCCOC1. The number of carbonyl (C=O) groups excluding carboxylic acids is 1. The van der Waals surface area contributed by atoms with Gasteiger partial charge in [-0.15, -0.1) is 0 Å². The molecule has 4 nitrogen and oxygen atoms in total. The van der Waals surface area contributed by atoms with E-state index in [-0.39, 0.29) is 13.2 Å². The van der Waals surface area contributed by atoms with Crippen molar-refractivity contribution in [3.63, 3.8) is 0 Å². The Bertz CT molecular complexity index is 262. The van der Waals surface area contributed by atoms with Crippen LogP contribution in [0.3, 0.4) is 0 Å².